The van der Waals surface area contributed by atoms with Crippen molar-refractivity contribution in [2.75, 3.05) is 0 Å². The van der Waals surface area contributed by atoms with Gasteiger partial charge in [-0.2, -0.15) is 0 Å². The molecular weight excluding hydrogens is 307 g/mol. The Bertz CT molecular complexity index is 61.9. The maximum absolute atomic E-state index is 2.28. The molecule has 0 aromatic rings. The molecule has 0 amide bonds. The Morgan fingerprint density at radius 3 is 1.46 bits per heavy atom. The zero-order valence-corrected chi connectivity index (χ0v) is 14.6. The quantitative estimate of drug-likeness (QED) is 0.458. The third kappa shape index (κ3) is 19.8. The molecule has 82 valence electrons. The molecule has 0 saturated heterocycles. The minimum Gasteiger partial charge on any atom is -0.114 e. The van der Waals surface area contributed by atoms with E-state index >= 15 is 0 Å². The highest BCUT2D eigenvalue weighted by Crippen LogP contribution is 2.08. The average Bonchev–Trinajstić information content (AvgIpc) is 2.03. The molecule has 0 fully saturated rings. The Kier molecular flexibility index (Phi) is 29.4. The Balaban J connectivity index is -0.000000500. The van der Waals surface area contributed by atoms with Crippen molar-refractivity contribution in [3.63, 3.8) is 0 Å². The molecule has 0 nitrogen and oxygen atoms in total. The van der Waals surface area contributed by atoms with E-state index in [1.165, 1.54) is 72.9 Å². The van der Waals surface area contributed by atoms with Crippen LogP contribution in [0.1, 0.15) is 58.3 Å². The summed E-state index contributed by atoms with van der Waals surface area (Å²) in [6.45, 7) is 2.28. The van der Waals surface area contributed by atoms with E-state index < -0.39 is 0 Å². The van der Waals surface area contributed by atoms with E-state index in [0.29, 0.717) is 0 Å². The van der Waals surface area contributed by atoms with Crippen molar-refractivity contribution in [1.82, 2.24) is 0 Å². The molecule has 0 heterocycles. The lowest BCUT2D eigenvalue weighted by atomic mass is 10.1. The standard InChI is InChI=1S/C10H21.Al.2BrH.2H/c1-3-5-7-9-10-8-6-4-2;;;;;/h1,3-10H2,2H3;;2*1H;;. The van der Waals surface area contributed by atoms with E-state index in [1.54, 1.807) is 0 Å². The van der Waals surface area contributed by atoms with E-state index in [-0.39, 0.29) is 34.0 Å². The second-order valence-electron chi connectivity index (χ2n) is 3.47. The predicted octanol–water partition coefficient (Wildman–Crippen LogP) is 4.33. The number of hydrogen-bond acceptors (Lipinski definition) is 0. The number of halogens is 2. The molecule has 0 aliphatic rings. The van der Waals surface area contributed by atoms with Gasteiger partial charge in [-0.15, -0.1) is 39.2 Å². The van der Waals surface area contributed by atoms with Crippen LogP contribution in [0, 0.1) is 0 Å². The van der Waals surface area contributed by atoms with Gasteiger partial charge in [0.25, 0.3) is 0 Å². The molecule has 0 spiro atoms. The maximum atomic E-state index is 2.28. The van der Waals surface area contributed by atoms with Gasteiger partial charge in [-0.3, -0.25) is 0 Å². The van der Waals surface area contributed by atoms with E-state index in [2.05, 4.69) is 6.92 Å². The summed E-state index contributed by atoms with van der Waals surface area (Å²) in [6, 6.07) is 0. The zero-order valence-electron chi connectivity index (χ0n) is 9.18. The van der Waals surface area contributed by atoms with Crippen LogP contribution in [0.2, 0.25) is 5.28 Å². The van der Waals surface area contributed by atoms with Crippen LogP contribution in [-0.2, 0) is 0 Å². The van der Waals surface area contributed by atoms with Crippen LogP contribution < -0.4 is 0 Å². The Labute approximate surface area is 113 Å². The van der Waals surface area contributed by atoms with Gasteiger partial charge >= 0.3 is 0 Å². The largest absolute Gasteiger partial charge is 0.211 e. The summed E-state index contributed by atoms with van der Waals surface area (Å²) in [7, 11) is 0. The van der Waals surface area contributed by atoms with E-state index in [1.807, 2.05) is 0 Å². The lowest BCUT2D eigenvalue weighted by molar-refractivity contribution is 0.585. The number of hydrogen-bond donors (Lipinski definition) is 0. The van der Waals surface area contributed by atoms with Crippen molar-refractivity contribution < 1.29 is 0 Å². The van der Waals surface area contributed by atoms with Gasteiger partial charge in [0.1, 0.15) is 0 Å². The fourth-order valence-corrected chi connectivity index (χ4v) is 1.88. The van der Waals surface area contributed by atoms with Gasteiger partial charge in [-0.1, -0.05) is 58.3 Å². The van der Waals surface area contributed by atoms with Crippen molar-refractivity contribution in [3.05, 3.63) is 0 Å². The molecule has 0 aliphatic carbocycles. The molecule has 0 rings (SSSR count). The fourth-order valence-electron chi connectivity index (χ4n) is 1.38. The minimum absolute atomic E-state index is 0. The van der Waals surface area contributed by atoms with E-state index in [4.69, 9.17) is 0 Å². The first-order valence-electron chi connectivity index (χ1n) is 5.41. The second kappa shape index (κ2) is 19.1. The van der Waals surface area contributed by atoms with Gasteiger partial charge in [0.05, 0.1) is 0 Å². The lowest BCUT2D eigenvalue weighted by Gasteiger charge is -1.99. The highest BCUT2D eigenvalue weighted by molar-refractivity contribution is 8.93. The monoisotopic (exact) mass is 330 g/mol. The van der Waals surface area contributed by atoms with Crippen LogP contribution in [-0.4, -0.2) is 16.3 Å². The molecule has 0 aromatic carbocycles. The normalized spacial score (nSPS) is 8.69. The molecule has 0 saturated carbocycles. The fraction of sp³-hybridized carbons (Fsp3) is 1.00. The van der Waals surface area contributed by atoms with Crippen LogP contribution >= 0.6 is 34.0 Å². The average molecular weight is 332 g/mol. The van der Waals surface area contributed by atoms with Crippen LogP contribution in [0.5, 0.6) is 0 Å². The first-order valence-corrected chi connectivity index (χ1v) is 6.83. The molecule has 0 atom stereocenters. The lowest BCUT2D eigenvalue weighted by Crippen LogP contribution is -1.79. The molecule has 3 heteroatoms. The van der Waals surface area contributed by atoms with E-state index in [9.17, 15) is 0 Å². The van der Waals surface area contributed by atoms with Gasteiger partial charge in [0.2, 0.25) is 16.3 Å². The van der Waals surface area contributed by atoms with Crippen LogP contribution in [0.4, 0.5) is 0 Å². The van der Waals surface area contributed by atoms with Crippen LogP contribution in [0.3, 0.4) is 0 Å². The van der Waals surface area contributed by atoms with Gasteiger partial charge in [0.15, 0.2) is 0 Å². The number of unbranched alkanes of at least 4 members (excludes halogenated alkanes) is 7. The van der Waals surface area contributed by atoms with E-state index in [0.717, 1.165) is 0 Å². The molecule has 13 heavy (non-hydrogen) atoms. The van der Waals surface area contributed by atoms with Gasteiger partial charge in [0, 0.05) is 0 Å². The molecule has 0 bridgehead atoms. The molecule has 0 aliphatic heterocycles. The predicted molar refractivity (Wildman–Crippen MR) is 76.6 cm³/mol. The molecule has 0 N–H and O–H groups in total. The molecule has 0 radical (unpaired) electrons. The Morgan fingerprint density at radius 1 is 0.692 bits per heavy atom. The van der Waals surface area contributed by atoms with Crippen molar-refractivity contribution in [2.45, 2.75) is 63.6 Å². The second-order valence-corrected chi connectivity index (χ2v) is 4.47. The van der Waals surface area contributed by atoms with Gasteiger partial charge in [-0.05, 0) is 0 Å². The summed E-state index contributed by atoms with van der Waals surface area (Å²) in [5, 5.41) is 1.51. The summed E-state index contributed by atoms with van der Waals surface area (Å²) >= 11 is 1.41. The first kappa shape index (κ1) is 20.0. The Morgan fingerprint density at radius 2 is 1.08 bits per heavy atom. The summed E-state index contributed by atoms with van der Waals surface area (Å²) in [6.07, 6.45) is 11.7. The highest BCUT2D eigenvalue weighted by Gasteiger charge is 1.89. The smallest absolute Gasteiger partial charge is 0.114 e. The molecule has 0 unspecified atom stereocenters. The first-order chi connectivity index (χ1) is 5.41. The van der Waals surface area contributed by atoms with Crippen molar-refractivity contribution >= 4 is 50.3 Å². The maximum Gasteiger partial charge on any atom is 0.211 e. The SMILES string of the molecule is Br.Br.CCCCCCCCC[CH2][AlH2]. The van der Waals surface area contributed by atoms with Gasteiger partial charge < -0.3 is 0 Å². The molecular formula is C10H25AlBr2. The summed E-state index contributed by atoms with van der Waals surface area (Å²) in [5.41, 5.74) is 0. The topological polar surface area (TPSA) is 0 Å². The van der Waals surface area contributed by atoms with Crippen LogP contribution in [0.15, 0.2) is 0 Å². The minimum atomic E-state index is 0. The van der Waals surface area contributed by atoms with Gasteiger partial charge in [-0.25, -0.2) is 0 Å². The summed E-state index contributed by atoms with van der Waals surface area (Å²) in [4.78, 5) is 0. The molecule has 0 aromatic heterocycles. The highest BCUT2D eigenvalue weighted by atomic mass is 79.9. The third-order valence-corrected chi connectivity index (χ3v) is 2.91. The summed E-state index contributed by atoms with van der Waals surface area (Å²) < 4.78 is 0. The van der Waals surface area contributed by atoms with Crippen molar-refractivity contribution in [2.24, 2.45) is 0 Å². The summed E-state index contributed by atoms with van der Waals surface area (Å²) in [5.74, 6) is 0. The number of rotatable bonds is 8. The van der Waals surface area contributed by atoms with Crippen molar-refractivity contribution in [1.29, 1.82) is 0 Å². The van der Waals surface area contributed by atoms with Crippen molar-refractivity contribution in [3.8, 4) is 0 Å². The third-order valence-electron chi connectivity index (χ3n) is 2.21. The Hall–Kier alpha value is 1.49. The van der Waals surface area contributed by atoms with Crippen LogP contribution in [0.25, 0.3) is 0 Å². The zero-order chi connectivity index (χ0) is 8.36.